The Bertz CT molecular complexity index is 1370. The van der Waals surface area contributed by atoms with Gasteiger partial charge in [-0.05, 0) is 56.3 Å². The van der Waals surface area contributed by atoms with Crippen molar-refractivity contribution in [2.24, 2.45) is 0 Å². The lowest BCUT2D eigenvalue weighted by molar-refractivity contribution is 0.102. The van der Waals surface area contributed by atoms with Gasteiger partial charge in [-0.3, -0.25) is 9.59 Å². The summed E-state index contributed by atoms with van der Waals surface area (Å²) < 4.78 is 34.3. The predicted octanol–water partition coefficient (Wildman–Crippen LogP) is 4.88. The number of rotatable bonds is 6. The van der Waals surface area contributed by atoms with Crippen LogP contribution in [0.15, 0.2) is 59.5 Å². The van der Waals surface area contributed by atoms with Crippen molar-refractivity contribution in [3.8, 4) is 11.8 Å². The van der Waals surface area contributed by atoms with Crippen LogP contribution in [0.2, 0.25) is 0 Å². The number of halogens is 2. The molecule has 3 aromatic rings. The molecule has 2 heterocycles. The average Bonchev–Trinajstić information content (AvgIpc) is 2.86. The van der Waals surface area contributed by atoms with Crippen LogP contribution in [0, 0.1) is 23.0 Å². The summed E-state index contributed by atoms with van der Waals surface area (Å²) in [6, 6.07) is 13.3. The normalized spacial score (nSPS) is 13.9. The molecule has 0 spiro atoms. The summed E-state index contributed by atoms with van der Waals surface area (Å²) in [4.78, 5) is 27.8. The van der Waals surface area contributed by atoms with Gasteiger partial charge in [0.1, 0.15) is 17.5 Å². The highest BCUT2D eigenvalue weighted by Crippen LogP contribution is 2.31. The van der Waals surface area contributed by atoms with E-state index in [1.54, 1.807) is 30.5 Å². The highest BCUT2D eigenvalue weighted by Gasteiger charge is 2.24. The predicted molar refractivity (Wildman–Crippen MR) is 132 cm³/mol. The van der Waals surface area contributed by atoms with Gasteiger partial charge in [0.2, 0.25) is 0 Å². The number of ether oxygens (including phenoxy) is 1. The number of anilines is 2. The molecule has 0 atom stereocenters. The lowest BCUT2D eigenvalue weighted by Gasteiger charge is -2.34. The number of pyridine rings is 1. The Balaban J connectivity index is 1.51. The first-order valence-corrected chi connectivity index (χ1v) is 11.7. The Labute approximate surface area is 207 Å². The van der Waals surface area contributed by atoms with Gasteiger partial charge in [-0.1, -0.05) is 0 Å². The number of nitrogens with one attached hydrogen (secondary N) is 1. The molecule has 1 saturated heterocycles. The standard InChI is InChI=1S/C27H26F2N4O3/c1-17(2)33-11-3-4-21(27(33)35)26(34)31-23-14-18(16-30)5-7-24(23)32-12-9-20(10-13-32)36-25-8-6-19(28)15-22(25)29/h3-8,11,14-15,17,20H,9-10,12-13H2,1-2H3,(H,31,34). The molecule has 186 valence electrons. The molecular formula is C27H26F2N4O3. The van der Waals surface area contributed by atoms with Crippen molar-refractivity contribution in [2.45, 2.75) is 38.8 Å². The lowest BCUT2D eigenvalue weighted by atomic mass is 10.1. The average molecular weight is 493 g/mol. The van der Waals surface area contributed by atoms with E-state index in [9.17, 15) is 23.6 Å². The second kappa shape index (κ2) is 10.6. The van der Waals surface area contributed by atoms with Gasteiger partial charge >= 0.3 is 0 Å². The van der Waals surface area contributed by atoms with Crippen LogP contribution in [-0.2, 0) is 0 Å². The Kier molecular flexibility index (Phi) is 7.34. The van der Waals surface area contributed by atoms with Gasteiger partial charge in [-0.25, -0.2) is 8.78 Å². The summed E-state index contributed by atoms with van der Waals surface area (Å²) in [5, 5.41) is 12.2. The topological polar surface area (TPSA) is 87.4 Å². The van der Waals surface area contributed by atoms with Crippen molar-refractivity contribution in [2.75, 3.05) is 23.3 Å². The molecule has 1 aliphatic heterocycles. The molecule has 36 heavy (non-hydrogen) atoms. The minimum Gasteiger partial charge on any atom is -0.487 e. The van der Waals surface area contributed by atoms with E-state index in [-0.39, 0.29) is 23.5 Å². The maximum atomic E-state index is 14.0. The van der Waals surface area contributed by atoms with Crippen LogP contribution < -0.4 is 20.5 Å². The Morgan fingerprint density at radius 1 is 1.14 bits per heavy atom. The van der Waals surface area contributed by atoms with Gasteiger partial charge in [0.25, 0.3) is 11.5 Å². The number of carbonyl (C=O) groups is 1. The summed E-state index contributed by atoms with van der Waals surface area (Å²) >= 11 is 0. The number of amides is 1. The van der Waals surface area contributed by atoms with Crippen LogP contribution in [0.3, 0.4) is 0 Å². The fourth-order valence-corrected chi connectivity index (χ4v) is 4.23. The van der Waals surface area contributed by atoms with E-state index >= 15 is 0 Å². The maximum Gasteiger partial charge on any atom is 0.263 e. The van der Waals surface area contributed by atoms with Gasteiger partial charge in [0.15, 0.2) is 11.6 Å². The van der Waals surface area contributed by atoms with Crippen molar-refractivity contribution in [3.63, 3.8) is 0 Å². The third kappa shape index (κ3) is 5.38. The molecule has 1 fully saturated rings. The fraction of sp³-hybridized carbons (Fsp3) is 0.296. The van der Waals surface area contributed by atoms with Crippen molar-refractivity contribution < 1.29 is 18.3 Å². The molecule has 2 aromatic carbocycles. The van der Waals surface area contributed by atoms with E-state index in [2.05, 4.69) is 11.4 Å². The van der Waals surface area contributed by atoms with Crippen molar-refractivity contribution in [1.82, 2.24) is 4.57 Å². The highest BCUT2D eigenvalue weighted by molar-refractivity contribution is 6.05. The van der Waals surface area contributed by atoms with Gasteiger partial charge in [-0.15, -0.1) is 0 Å². The second-order valence-electron chi connectivity index (χ2n) is 8.90. The van der Waals surface area contributed by atoms with E-state index in [4.69, 9.17) is 4.74 Å². The number of hydrogen-bond acceptors (Lipinski definition) is 5. The molecule has 0 aliphatic carbocycles. The van der Waals surface area contributed by atoms with E-state index < -0.39 is 23.1 Å². The van der Waals surface area contributed by atoms with Crippen LogP contribution in [0.1, 0.15) is 48.7 Å². The van der Waals surface area contributed by atoms with Crippen LogP contribution in [0.5, 0.6) is 5.75 Å². The number of nitrogens with zero attached hydrogens (tertiary/aromatic N) is 3. The first kappa shape index (κ1) is 24.9. The van der Waals surface area contributed by atoms with Crippen molar-refractivity contribution >= 4 is 17.3 Å². The molecule has 1 aromatic heterocycles. The smallest absolute Gasteiger partial charge is 0.263 e. The van der Waals surface area contributed by atoms with E-state index in [0.717, 1.165) is 12.1 Å². The molecule has 1 amide bonds. The molecule has 0 saturated carbocycles. The fourth-order valence-electron chi connectivity index (χ4n) is 4.23. The summed E-state index contributed by atoms with van der Waals surface area (Å²) in [5.74, 6) is -1.96. The molecule has 9 heteroatoms. The molecule has 1 N–H and O–H groups in total. The third-order valence-electron chi connectivity index (χ3n) is 6.12. The Morgan fingerprint density at radius 2 is 1.89 bits per heavy atom. The largest absolute Gasteiger partial charge is 0.487 e. The maximum absolute atomic E-state index is 14.0. The molecule has 0 radical (unpaired) electrons. The van der Waals surface area contributed by atoms with Crippen molar-refractivity contribution in [1.29, 1.82) is 5.26 Å². The number of hydrogen-bond donors (Lipinski definition) is 1. The Morgan fingerprint density at radius 3 is 2.56 bits per heavy atom. The highest BCUT2D eigenvalue weighted by atomic mass is 19.1. The number of carbonyl (C=O) groups excluding carboxylic acids is 1. The van der Waals surface area contributed by atoms with Crippen molar-refractivity contribution in [3.05, 3.63) is 87.8 Å². The monoisotopic (exact) mass is 492 g/mol. The van der Waals surface area contributed by atoms with Gasteiger partial charge in [0, 0.05) is 44.2 Å². The number of benzene rings is 2. The van der Waals surface area contributed by atoms with E-state index in [0.29, 0.717) is 42.9 Å². The zero-order valence-corrected chi connectivity index (χ0v) is 20.0. The zero-order valence-electron chi connectivity index (χ0n) is 20.0. The van der Waals surface area contributed by atoms with Crippen LogP contribution in [-0.4, -0.2) is 29.7 Å². The number of aromatic nitrogens is 1. The first-order valence-electron chi connectivity index (χ1n) is 11.7. The van der Waals surface area contributed by atoms with E-state index in [1.165, 1.54) is 16.7 Å². The number of piperidine rings is 1. The lowest BCUT2D eigenvalue weighted by Crippen LogP contribution is -2.39. The quantitative estimate of drug-likeness (QED) is 0.530. The summed E-state index contributed by atoms with van der Waals surface area (Å²) in [6.07, 6.45) is 2.52. The Hall–Kier alpha value is -4.19. The SMILES string of the molecule is CC(C)n1cccc(C(=O)Nc2cc(C#N)ccc2N2CCC(Oc3ccc(F)cc3F)CC2)c1=O. The second-order valence-corrected chi connectivity index (χ2v) is 8.90. The summed E-state index contributed by atoms with van der Waals surface area (Å²) in [5.41, 5.74) is 1.10. The van der Waals surface area contributed by atoms with Crippen LogP contribution in [0.4, 0.5) is 20.2 Å². The molecule has 0 unspecified atom stereocenters. The molecule has 4 rings (SSSR count). The third-order valence-corrected chi connectivity index (χ3v) is 6.12. The first-order chi connectivity index (χ1) is 17.3. The molecule has 7 nitrogen and oxygen atoms in total. The summed E-state index contributed by atoms with van der Waals surface area (Å²) in [6.45, 7) is 4.81. The zero-order chi connectivity index (χ0) is 25.8. The van der Waals surface area contributed by atoms with Gasteiger partial charge in [-0.2, -0.15) is 5.26 Å². The minimum absolute atomic E-state index is 0.00735. The molecule has 0 bridgehead atoms. The minimum atomic E-state index is -0.744. The van der Waals surface area contributed by atoms with Crippen LogP contribution >= 0.6 is 0 Å². The number of nitriles is 1. The van der Waals surface area contributed by atoms with Gasteiger partial charge in [0.05, 0.1) is 23.0 Å². The molecule has 1 aliphatic rings. The summed E-state index contributed by atoms with van der Waals surface area (Å²) in [7, 11) is 0. The molecular weight excluding hydrogens is 466 g/mol. The van der Waals surface area contributed by atoms with Crippen LogP contribution in [0.25, 0.3) is 0 Å². The van der Waals surface area contributed by atoms with E-state index in [1.807, 2.05) is 18.7 Å². The van der Waals surface area contributed by atoms with Gasteiger partial charge < -0.3 is 19.5 Å².